The molecule has 2 aliphatic heterocycles. The van der Waals surface area contributed by atoms with Crippen LogP contribution in [-0.2, 0) is 9.53 Å². The average molecular weight is 420 g/mol. The van der Waals surface area contributed by atoms with Gasteiger partial charge < -0.3 is 15.4 Å². The fourth-order valence-corrected chi connectivity index (χ4v) is 3.67. The Labute approximate surface area is 174 Å². The SMILES string of the molecule is C=CCN1CCN(CC2=C(C(=O)OCC)C(c3ccc(F)c(F)c3)NC(=O)N2)CC1. The van der Waals surface area contributed by atoms with E-state index >= 15 is 0 Å². The molecule has 7 nitrogen and oxygen atoms in total. The van der Waals surface area contributed by atoms with Crippen LogP contribution in [0.3, 0.4) is 0 Å². The van der Waals surface area contributed by atoms with Crippen molar-refractivity contribution in [1.29, 1.82) is 0 Å². The Morgan fingerprint density at radius 2 is 1.93 bits per heavy atom. The van der Waals surface area contributed by atoms with E-state index in [1.807, 2.05) is 6.08 Å². The summed E-state index contributed by atoms with van der Waals surface area (Å²) in [6, 6.07) is 1.85. The van der Waals surface area contributed by atoms with Crippen LogP contribution in [0.15, 0.2) is 42.1 Å². The molecule has 2 amide bonds. The number of rotatable bonds is 7. The van der Waals surface area contributed by atoms with Crippen LogP contribution in [0.4, 0.5) is 13.6 Å². The number of piperazine rings is 1. The molecule has 30 heavy (non-hydrogen) atoms. The van der Waals surface area contributed by atoms with Crippen LogP contribution < -0.4 is 10.6 Å². The summed E-state index contributed by atoms with van der Waals surface area (Å²) < 4.78 is 32.4. The minimum absolute atomic E-state index is 0.147. The topological polar surface area (TPSA) is 73.9 Å². The Bertz CT molecular complexity index is 851. The van der Waals surface area contributed by atoms with Gasteiger partial charge in [0.1, 0.15) is 0 Å². The summed E-state index contributed by atoms with van der Waals surface area (Å²) in [5.41, 5.74) is 0.861. The Balaban J connectivity index is 1.90. The van der Waals surface area contributed by atoms with Crippen LogP contribution in [0.25, 0.3) is 0 Å². The highest BCUT2D eigenvalue weighted by atomic mass is 19.2. The second-order valence-corrected chi connectivity index (χ2v) is 7.18. The summed E-state index contributed by atoms with van der Waals surface area (Å²) in [6.07, 6.45) is 1.86. The summed E-state index contributed by atoms with van der Waals surface area (Å²) in [5.74, 6) is -2.67. The molecule has 1 atom stereocenters. The van der Waals surface area contributed by atoms with Crippen molar-refractivity contribution in [3.8, 4) is 0 Å². The first-order valence-electron chi connectivity index (χ1n) is 9.91. The van der Waals surface area contributed by atoms with Gasteiger partial charge in [-0.05, 0) is 24.6 Å². The fourth-order valence-electron chi connectivity index (χ4n) is 3.67. The van der Waals surface area contributed by atoms with E-state index in [1.54, 1.807) is 6.92 Å². The highest BCUT2D eigenvalue weighted by Gasteiger charge is 2.35. The van der Waals surface area contributed by atoms with Gasteiger partial charge in [0.2, 0.25) is 0 Å². The van der Waals surface area contributed by atoms with Gasteiger partial charge in [0.05, 0.1) is 18.2 Å². The third kappa shape index (κ3) is 5.03. The largest absolute Gasteiger partial charge is 0.463 e. The fraction of sp³-hybridized carbons (Fsp3) is 0.429. The van der Waals surface area contributed by atoms with Crippen molar-refractivity contribution in [2.45, 2.75) is 13.0 Å². The molecular formula is C21H26F2N4O3. The molecule has 0 aromatic heterocycles. The van der Waals surface area contributed by atoms with Gasteiger partial charge in [-0.2, -0.15) is 0 Å². The first-order valence-corrected chi connectivity index (χ1v) is 9.91. The van der Waals surface area contributed by atoms with E-state index in [4.69, 9.17) is 4.74 Å². The number of esters is 1. The monoisotopic (exact) mass is 420 g/mol. The van der Waals surface area contributed by atoms with Gasteiger partial charge in [0.25, 0.3) is 0 Å². The van der Waals surface area contributed by atoms with E-state index in [-0.39, 0.29) is 17.7 Å². The van der Waals surface area contributed by atoms with Gasteiger partial charge in [0, 0.05) is 45.0 Å². The third-order valence-electron chi connectivity index (χ3n) is 5.16. The molecule has 2 aliphatic rings. The number of nitrogens with one attached hydrogen (secondary N) is 2. The van der Waals surface area contributed by atoms with E-state index in [2.05, 4.69) is 27.0 Å². The van der Waals surface area contributed by atoms with Gasteiger partial charge in [0.15, 0.2) is 11.6 Å². The molecular weight excluding hydrogens is 394 g/mol. The molecule has 1 saturated heterocycles. The summed E-state index contributed by atoms with van der Waals surface area (Å²) >= 11 is 0. The quantitative estimate of drug-likeness (QED) is 0.521. The number of hydrogen-bond acceptors (Lipinski definition) is 5. The highest BCUT2D eigenvalue weighted by molar-refractivity contribution is 5.95. The number of hydrogen-bond donors (Lipinski definition) is 2. The molecule has 9 heteroatoms. The van der Waals surface area contributed by atoms with Crippen molar-refractivity contribution >= 4 is 12.0 Å². The standard InChI is InChI=1S/C21H26F2N4O3/c1-3-7-26-8-10-27(11-9-26)13-17-18(20(28)30-4-2)19(25-21(29)24-17)14-5-6-15(22)16(23)12-14/h3,5-6,12,19H,1,4,7-11,13H2,2H3,(H2,24,25,29). The van der Waals surface area contributed by atoms with Gasteiger partial charge in [-0.25, -0.2) is 18.4 Å². The lowest BCUT2D eigenvalue weighted by molar-refractivity contribution is -0.139. The van der Waals surface area contributed by atoms with Gasteiger partial charge in [-0.3, -0.25) is 9.80 Å². The molecule has 2 heterocycles. The lowest BCUT2D eigenvalue weighted by atomic mass is 9.94. The summed E-state index contributed by atoms with van der Waals surface area (Å²) in [6.45, 7) is 9.92. The second-order valence-electron chi connectivity index (χ2n) is 7.18. The number of benzene rings is 1. The smallest absolute Gasteiger partial charge is 0.338 e. The van der Waals surface area contributed by atoms with E-state index in [9.17, 15) is 18.4 Å². The molecule has 0 aliphatic carbocycles. The first kappa shape index (κ1) is 21.9. The number of urea groups is 1. The van der Waals surface area contributed by atoms with Gasteiger partial charge in [-0.15, -0.1) is 6.58 Å². The zero-order valence-corrected chi connectivity index (χ0v) is 16.9. The maximum Gasteiger partial charge on any atom is 0.338 e. The van der Waals surface area contributed by atoms with Crippen molar-refractivity contribution in [2.75, 3.05) is 45.9 Å². The minimum Gasteiger partial charge on any atom is -0.463 e. The Morgan fingerprint density at radius 1 is 1.23 bits per heavy atom. The molecule has 3 rings (SSSR count). The van der Waals surface area contributed by atoms with Crippen LogP contribution in [0, 0.1) is 11.6 Å². The molecule has 0 bridgehead atoms. The number of nitrogens with zero attached hydrogens (tertiary/aromatic N) is 2. The molecule has 162 valence electrons. The van der Waals surface area contributed by atoms with Crippen molar-refractivity contribution in [1.82, 2.24) is 20.4 Å². The van der Waals surface area contributed by atoms with Crippen LogP contribution >= 0.6 is 0 Å². The molecule has 1 fully saturated rings. The third-order valence-corrected chi connectivity index (χ3v) is 5.16. The Morgan fingerprint density at radius 3 is 2.57 bits per heavy atom. The number of carbonyl (C=O) groups excluding carboxylic acids is 2. The van der Waals surface area contributed by atoms with E-state index in [1.165, 1.54) is 6.07 Å². The Hall–Kier alpha value is -2.78. The maximum atomic E-state index is 13.8. The normalized spacial score (nSPS) is 20.5. The van der Waals surface area contributed by atoms with E-state index < -0.39 is 29.7 Å². The van der Waals surface area contributed by atoms with Gasteiger partial charge in [-0.1, -0.05) is 12.1 Å². The number of carbonyl (C=O) groups is 2. The zero-order chi connectivity index (χ0) is 21.7. The van der Waals surface area contributed by atoms with Crippen molar-refractivity contribution < 1.29 is 23.1 Å². The Kier molecular flexibility index (Phi) is 7.17. The number of halogens is 2. The molecule has 1 unspecified atom stereocenters. The lowest BCUT2D eigenvalue weighted by Gasteiger charge is -2.36. The van der Waals surface area contributed by atoms with Crippen LogP contribution in [0.2, 0.25) is 0 Å². The summed E-state index contributed by atoms with van der Waals surface area (Å²) in [5, 5.41) is 5.33. The zero-order valence-electron chi connectivity index (χ0n) is 16.9. The summed E-state index contributed by atoms with van der Waals surface area (Å²) in [7, 11) is 0. The van der Waals surface area contributed by atoms with E-state index in [0.717, 1.165) is 44.9 Å². The minimum atomic E-state index is -1.05. The van der Waals surface area contributed by atoms with E-state index in [0.29, 0.717) is 12.2 Å². The van der Waals surface area contributed by atoms with Crippen molar-refractivity contribution in [3.05, 3.63) is 59.3 Å². The average Bonchev–Trinajstić information content (AvgIpc) is 2.71. The van der Waals surface area contributed by atoms with Crippen molar-refractivity contribution in [2.24, 2.45) is 0 Å². The van der Waals surface area contributed by atoms with Gasteiger partial charge >= 0.3 is 12.0 Å². The summed E-state index contributed by atoms with van der Waals surface area (Å²) in [4.78, 5) is 29.4. The molecule has 1 aromatic rings. The molecule has 1 aromatic carbocycles. The number of ether oxygens (including phenoxy) is 1. The van der Waals surface area contributed by atoms with Crippen molar-refractivity contribution in [3.63, 3.8) is 0 Å². The first-order chi connectivity index (χ1) is 14.4. The molecule has 2 N–H and O–H groups in total. The van der Waals surface area contributed by atoms with Crippen LogP contribution in [-0.4, -0.2) is 67.7 Å². The predicted octanol–water partition coefficient (Wildman–Crippen LogP) is 1.94. The van der Waals surface area contributed by atoms with Crippen LogP contribution in [0.5, 0.6) is 0 Å². The highest BCUT2D eigenvalue weighted by Crippen LogP contribution is 2.29. The van der Waals surface area contributed by atoms with Crippen LogP contribution in [0.1, 0.15) is 18.5 Å². The lowest BCUT2D eigenvalue weighted by Crippen LogP contribution is -2.51. The molecule has 0 radical (unpaired) electrons. The molecule has 0 saturated carbocycles. The second kappa shape index (κ2) is 9.82. The maximum absolute atomic E-state index is 13.8. The predicted molar refractivity (Wildman–Crippen MR) is 108 cm³/mol. The molecule has 0 spiro atoms. The number of amides is 2.